The predicted molar refractivity (Wildman–Crippen MR) is 111 cm³/mol. The van der Waals surface area contributed by atoms with Gasteiger partial charge in [-0.2, -0.15) is 0 Å². The van der Waals surface area contributed by atoms with Crippen LogP contribution in [0.4, 0.5) is 10.5 Å². The van der Waals surface area contributed by atoms with Crippen LogP contribution in [0.2, 0.25) is 0 Å². The van der Waals surface area contributed by atoms with Gasteiger partial charge in [0.15, 0.2) is 0 Å². The Labute approximate surface area is 162 Å². The summed E-state index contributed by atoms with van der Waals surface area (Å²) in [6.07, 6.45) is 8.87. The van der Waals surface area contributed by atoms with E-state index < -0.39 is 0 Å². The Morgan fingerprint density at radius 1 is 1.15 bits per heavy atom. The van der Waals surface area contributed by atoms with Crippen LogP contribution in [-0.2, 0) is 0 Å². The molecule has 1 saturated carbocycles. The first kappa shape index (κ1) is 19.6. The number of anilines is 1. The molecule has 5 heteroatoms. The van der Waals surface area contributed by atoms with E-state index in [1.54, 1.807) is 0 Å². The number of thioether (sulfide) groups is 1. The fourth-order valence-electron chi connectivity index (χ4n) is 3.99. The van der Waals surface area contributed by atoms with Crippen molar-refractivity contribution in [2.45, 2.75) is 62.0 Å². The zero-order valence-corrected chi connectivity index (χ0v) is 16.8. The lowest BCUT2D eigenvalue weighted by molar-refractivity contribution is 0.182. The molecule has 1 aromatic rings. The summed E-state index contributed by atoms with van der Waals surface area (Å²) in [5.41, 5.74) is 0.944. The van der Waals surface area contributed by atoms with E-state index in [1.165, 1.54) is 69.5 Å². The highest BCUT2D eigenvalue weighted by Gasteiger charge is 2.20. The summed E-state index contributed by atoms with van der Waals surface area (Å²) in [5.74, 6) is 0.608. The van der Waals surface area contributed by atoms with Crippen molar-refractivity contribution < 1.29 is 4.79 Å². The number of rotatable bonds is 7. The molecule has 1 saturated heterocycles. The van der Waals surface area contributed by atoms with Crippen LogP contribution in [0.5, 0.6) is 0 Å². The van der Waals surface area contributed by atoms with Gasteiger partial charge in [-0.05, 0) is 69.8 Å². The number of nitrogens with zero attached hydrogens (tertiary/aromatic N) is 1. The van der Waals surface area contributed by atoms with Crippen molar-refractivity contribution in [1.29, 1.82) is 0 Å². The second-order valence-corrected chi connectivity index (χ2v) is 8.98. The van der Waals surface area contributed by atoms with Crippen molar-refractivity contribution in [1.82, 2.24) is 10.2 Å². The van der Waals surface area contributed by atoms with E-state index in [9.17, 15) is 4.79 Å². The van der Waals surface area contributed by atoms with Crippen molar-refractivity contribution in [3.8, 4) is 0 Å². The molecule has 0 bridgehead atoms. The molecule has 2 N–H and O–H groups in total. The summed E-state index contributed by atoms with van der Waals surface area (Å²) < 4.78 is 0. The molecular weight excluding hydrogens is 342 g/mol. The van der Waals surface area contributed by atoms with E-state index in [-0.39, 0.29) is 6.03 Å². The first-order valence-electron chi connectivity index (χ1n) is 10.3. The Morgan fingerprint density at radius 2 is 1.88 bits per heavy atom. The number of benzene rings is 1. The van der Waals surface area contributed by atoms with Crippen LogP contribution in [0, 0.1) is 5.92 Å². The number of amides is 2. The second-order valence-electron chi connectivity index (χ2n) is 7.64. The number of nitrogens with one attached hydrogen (secondary N) is 2. The largest absolute Gasteiger partial charge is 0.338 e. The third-order valence-corrected chi connectivity index (χ3v) is 6.94. The SMILES string of the molecule is CCCN1CCC(CNC(=O)Nc2ccccc2SC2CCCC2)CC1. The fourth-order valence-corrected chi connectivity index (χ4v) is 5.32. The van der Waals surface area contributed by atoms with Gasteiger partial charge in [0.2, 0.25) is 0 Å². The van der Waals surface area contributed by atoms with Crippen molar-refractivity contribution in [3.05, 3.63) is 24.3 Å². The van der Waals surface area contributed by atoms with Crippen molar-refractivity contribution in [2.24, 2.45) is 5.92 Å². The monoisotopic (exact) mass is 375 g/mol. The minimum atomic E-state index is -0.0690. The van der Waals surface area contributed by atoms with Crippen molar-refractivity contribution in [2.75, 3.05) is 31.5 Å². The van der Waals surface area contributed by atoms with E-state index >= 15 is 0 Å². The summed E-state index contributed by atoms with van der Waals surface area (Å²) in [4.78, 5) is 16.1. The van der Waals surface area contributed by atoms with Crippen LogP contribution in [0.15, 0.2) is 29.2 Å². The maximum absolute atomic E-state index is 12.4. The number of hydrogen-bond donors (Lipinski definition) is 2. The lowest BCUT2D eigenvalue weighted by Crippen LogP contribution is -2.40. The van der Waals surface area contributed by atoms with Crippen molar-refractivity contribution >= 4 is 23.5 Å². The molecule has 2 amide bonds. The number of urea groups is 1. The standard InChI is InChI=1S/C21H33N3OS/c1-2-13-24-14-11-17(12-15-24)16-22-21(25)23-19-9-5-6-10-20(19)26-18-7-3-4-8-18/h5-6,9-10,17-18H,2-4,7-8,11-16H2,1H3,(H2,22,23,25). The molecular formula is C21H33N3OS. The zero-order chi connectivity index (χ0) is 18.2. The van der Waals surface area contributed by atoms with Gasteiger partial charge in [-0.15, -0.1) is 11.8 Å². The average Bonchev–Trinajstić information content (AvgIpc) is 3.16. The maximum atomic E-state index is 12.4. The summed E-state index contributed by atoms with van der Waals surface area (Å²) in [5, 5.41) is 6.87. The highest BCUT2D eigenvalue weighted by molar-refractivity contribution is 8.00. The molecule has 2 aliphatic rings. The van der Waals surface area contributed by atoms with E-state index in [4.69, 9.17) is 0 Å². The number of para-hydroxylation sites is 1. The molecule has 3 rings (SSSR count). The van der Waals surface area contributed by atoms with Crippen LogP contribution in [0.1, 0.15) is 51.9 Å². The minimum Gasteiger partial charge on any atom is -0.338 e. The van der Waals surface area contributed by atoms with E-state index in [0.29, 0.717) is 11.2 Å². The summed E-state index contributed by atoms with van der Waals surface area (Å²) in [7, 11) is 0. The Hall–Kier alpha value is -1.20. The number of carbonyl (C=O) groups is 1. The number of likely N-dealkylation sites (tertiary alicyclic amines) is 1. The molecule has 4 nitrogen and oxygen atoms in total. The lowest BCUT2D eigenvalue weighted by Gasteiger charge is -2.31. The van der Waals surface area contributed by atoms with Gasteiger partial charge < -0.3 is 15.5 Å². The number of hydrogen-bond acceptors (Lipinski definition) is 3. The average molecular weight is 376 g/mol. The normalized spacial score (nSPS) is 19.6. The highest BCUT2D eigenvalue weighted by Crippen LogP contribution is 2.37. The first-order chi connectivity index (χ1) is 12.7. The molecule has 26 heavy (non-hydrogen) atoms. The number of piperidine rings is 1. The molecule has 0 unspecified atom stereocenters. The maximum Gasteiger partial charge on any atom is 0.319 e. The Bertz CT molecular complexity index is 566. The highest BCUT2D eigenvalue weighted by atomic mass is 32.2. The van der Waals surface area contributed by atoms with Gasteiger partial charge in [0.1, 0.15) is 0 Å². The van der Waals surface area contributed by atoms with Gasteiger partial charge >= 0.3 is 6.03 Å². The van der Waals surface area contributed by atoms with Gasteiger partial charge in [-0.25, -0.2) is 4.79 Å². The number of carbonyl (C=O) groups excluding carboxylic acids is 1. The third-order valence-electron chi connectivity index (χ3n) is 5.53. The van der Waals surface area contributed by atoms with Gasteiger partial charge in [0.25, 0.3) is 0 Å². The van der Waals surface area contributed by atoms with Gasteiger partial charge in [-0.3, -0.25) is 0 Å². The summed E-state index contributed by atoms with van der Waals surface area (Å²) >= 11 is 1.92. The Kier molecular flexibility index (Phi) is 7.69. The molecule has 0 aromatic heterocycles. The molecule has 1 aliphatic carbocycles. The fraction of sp³-hybridized carbons (Fsp3) is 0.667. The summed E-state index contributed by atoms with van der Waals surface area (Å²) in [6.45, 7) is 6.56. The van der Waals surface area contributed by atoms with Crippen LogP contribution in [0.3, 0.4) is 0 Å². The van der Waals surface area contributed by atoms with Gasteiger partial charge in [0, 0.05) is 16.7 Å². The topological polar surface area (TPSA) is 44.4 Å². The van der Waals surface area contributed by atoms with Crippen LogP contribution < -0.4 is 10.6 Å². The van der Waals surface area contributed by atoms with Crippen LogP contribution in [0.25, 0.3) is 0 Å². The predicted octanol–water partition coefficient (Wildman–Crippen LogP) is 4.96. The molecule has 1 heterocycles. The Balaban J connectivity index is 1.43. The Morgan fingerprint density at radius 3 is 2.62 bits per heavy atom. The van der Waals surface area contributed by atoms with E-state index in [2.05, 4.69) is 34.6 Å². The first-order valence-corrected chi connectivity index (χ1v) is 11.2. The molecule has 2 fully saturated rings. The van der Waals surface area contributed by atoms with E-state index in [0.717, 1.165) is 12.2 Å². The van der Waals surface area contributed by atoms with Crippen LogP contribution >= 0.6 is 11.8 Å². The molecule has 144 valence electrons. The van der Waals surface area contributed by atoms with Gasteiger partial charge in [-0.1, -0.05) is 31.9 Å². The second kappa shape index (κ2) is 10.2. The molecule has 0 radical (unpaired) electrons. The minimum absolute atomic E-state index is 0.0690. The third kappa shape index (κ3) is 5.92. The van der Waals surface area contributed by atoms with Crippen LogP contribution in [-0.4, -0.2) is 42.4 Å². The smallest absolute Gasteiger partial charge is 0.319 e. The molecule has 0 spiro atoms. The molecule has 0 atom stereocenters. The van der Waals surface area contributed by atoms with E-state index in [1.807, 2.05) is 23.9 Å². The van der Waals surface area contributed by atoms with Gasteiger partial charge in [0.05, 0.1) is 5.69 Å². The van der Waals surface area contributed by atoms with Crippen molar-refractivity contribution in [3.63, 3.8) is 0 Å². The zero-order valence-electron chi connectivity index (χ0n) is 16.0. The molecule has 1 aliphatic heterocycles. The quantitative estimate of drug-likeness (QED) is 0.707. The molecule has 1 aromatic carbocycles. The lowest BCUT2D eigenvalue weighted by atomic mass is 9.97. The summed E-state index contributed by atoms with van der Waals surface area (Å²) in [6, 6.07) is 8.13.